The second-order valence-corrected chi connectivity index (χ2v) is 7.89. The van der Waals surface area contributed by atoms with Crippen LogP contribution in [0.1, 0.15) is 69.4 Å². The number of furan rings is 1. The highest BCUT2D eigenvalue weighted by Gasteiger charge is 2.51. The molecule has 2 heteroatoms. The van der Waals surface area contributed by atoms with Gasteiger partial charge >= 0.3 is 0 Å². The molecule has 5 rings (SSSR count). The minimum absolute atomic E-state index is 0.103. The van der Waals surface area contributed by atoms with E-state index in [0.717, 1.165) is 42.1 Å². The lowest BCUT2D eigenvalue weighted by Crippen LogP contribution is -2.47. The summed E-state index contributed by atoms with van der Waals surface area (Å²) in [5, 5.41) is 0. The predicted octanol–water partition coefficient (Wildman–Crippen LogP) is 4.45. The molecule has 0 radical (unpaired) electrons. The van der Waals surface area contributed by atoms with E-state index >= 15 is 0 Å². The van der Waals surface area contributed by atoms with E-state index in [0.29, 0.717) is 5.41 Å². The van der Waals surface area contributed by atoms with Crippen LogP contribution < -0.4 is 5.73 Å². The van der Waals surface area contributed by atoms with Gasteiger partial charge in [-0.05, 0) is 80.2 Å². The first-order valence-corrected chi connectivity index (χ1v) is 8.50. The lowest BCUT2D eigenvalue weighted by molar-refractivity contribution is -0.0613. The molecule has 0 aliphatic heterocycles. The molecule has 1 heterocycles. The lowest BCUT2D eigenvalue weighted by Gasteiger charge is -2.57. The van der Waals surface area contributed by atoms with Gasteiger partial charge in [0, 0.05) is 6.42 Å². The average Bonchev–Trinajstić information content (AvgIpc) is 2.85. The van der Waals surface area contributed by atoms with E-state index in [1.165, 1.54) is 38.5 Å². The maximum absolute atomic E-state index is 6.49. The summed E-state index contributed by atoms with van der Waals surface area (Å²) in [6, 6.07) is 4.30. The fraction of sp³-hybridized carbons (Fsp3) is 0.778. The van der Waals surface area contributed by atoms with Crippen molar-refractivity contribution >= 4 is 0 Å². The second kappa shape index (κ2) is 4.62. The van der Waals surface area contributed by atoms with Gasteiger partial charge in [-0.3, -0.25) is 0 Å². The summed E-state index contributed by atoms with van der Waals surface area (Å²) >= 11 is 0. The van der Waals surface area contributed by atoms with Crippen LogP contribution in [0.15, 0.2) is 16.5 Å². The standard InChI is InChI=1S/C18H27NO/c1-2-15-3-4-17(20-15)16(19)11-18-8-12-5-13(9-18)7-14(6-12)10-18/h3-4,12-14,16H,2,5-11,19H2,1H3. The summed E-state index contributed by atoms with van der Waals surface area (Å²) in [4.78, 5) is 0. The van der Waals surface area contributed by atoms with E-state index in [9.17, 15) is 0 Å². The van der Waals surface area contributed by atoms with Crippen LogP contribution in [0.2, 0.25) is 0 Å². The van der Waals surface area contributed by atoms with Gasteiger partial charge in [0.25, 0.3) is 0 Å². The highest BCUT2D eigenvalue weighted by Crippen LogP contribution is 2.62. The molecule has 4 saturated carbocycles. The smallest absolute Gasteiger partial charge is 0.120 e. The van der Waals surface area contributed by atoms with Gasteiger partial charge in [0.05, 0.1) is 6.04 Å². The fourth-order valence-electron chi connectivity index (χ4n) is 5.89. The molecular formula is C18H27NO. The van der Waals surface area contributed by atoms with Crippen LogP contribution in [0, 0.1) is 23.2 Å². The molecule has 2 nitrogen and oxygen atoms in total. The Labute approximate surface area is 122 Å². The Morgan fingerprint density at radius 3 is 2.25 bits per heavy atom. The predicted molar refractivity (Wildman–Crippen MR) is 80.2 cm³/mol. The van der Waals surface area contributed by atoms with Gasteiger partial charge in [-0.25, -0.2) is 0 Å². The minimum Gasteiger partial charge on any atom is -0.464 e. The molecule has 4 aliphatic carbocycles. The average molecular weight is 273 g/mol. The maximum atomic E-state index is 6.49. The van der Waals surface area contributed by atoms with E-state index < -0.39 is 0 Å². The molecule has 0 saturated heterocycles. The number of aryl methyl sites for hydroxylation is 1. The molecule has 0 spiro atoms. The number of hydrogen-bond donors (Lipinski definition) is 1. The van der Waals surface area contributed by atoms with E-state index in [1.54, 1.807) is 0 Å². The first-order valence-electron chi connectivity index (χ1n) is 8.50. The van der Waals surface area contributed by atoms with Crippen molar-refractivity contribution in [3.63, 3.8) is 0 Å². The van der Waals surface area contributed by atoms with Crippen LogP contribution in [-0.2, 0) is 6.42 Å². The zero-order valence-electron chi connectivity index (χ0n) is 12.6. The molecule has 0 amide bonds. The van der Waals surface area contributed by atoms with E-state index in [2.05, 4.69) is 19.1 Å². The second-order valence-electron chi connectivity index (χ2n) is 7.89. The van der Waals surface area contributed by atoms with Crippen LogP contribution >= 0.6 is 0 Å². The quantitative estimate of drug-likeness (QED) is 0.880. The zero-order chi connectivity index (χ0) is 13.7. The van der Waals surface area contributed by atoms with Crippen molar-refractivity contribution < 1.29 is 4.42 Å². The topological polar surface area (TPSA) is 39.2 Å². The van der Waals surface area contributed by atoms with Gasteiger partial charge < -0.3 is 10.2 Å². The zero-order valence-corrected chi connectivity index (χ0v) is 12.6. The van der Waals surface area contributed by atoms with Gasteiger partial charge in [0.2, 0.25) is 0 Å². The molecule has 1 atom stereocenters. The molecular weight excluding hydrogens is 246 g/mol. The van der Waals surface area contributed by atoms with Crippen LogP contribution in [0.25, 0.3) is 0 Å². The summed E-state index contributed by atoms with van der Waals surface area (Å²) in [6.07, 6.45) is 11.0. The van der Waals surface area contributed by atoms with Gasteiger partial charge in [-0.1, -0.05) is 6.92 Å². The third kappa shape index (κ3) is 2.13. The summed E-state index contributed by atoms with van der Waals surface area (Å²) in [5.41, 5.74) is 7.04. The summed E-state index contributed by atoms with van der Waals surface area (Å²) in [6.45, 7) is 2.13. The number of nitrogens with two attached hydrogens (primary N) is 1. The Hall–Kier alpha value is -0.760. The lowest BCUT2D eigenvalue weighted by atomic mass is 9.48. The Morgan fingerprint density at radius 2 is 1.75 bits per heavy atom. The first-order chi connectivity index (χ1) is 9.66. The molecule has 1 aromatic rings. The molecule has 20 heavy (non-hydrogen) atoms. The van der Waals surface area contributed by atoms with Gasteiger partial charge in [-0.2, -0.15) is 0 Å². The number of hydrogen-bond acceptors (Lipinski definition) is 2. The van der Waals surface area contributed by atoms with Crippen molar-refractivity contribution in [2.45, 2.75) is 64.3 Å². The molecule has 4 aliphatic rings. The Kier molecular flexibility index (Phi) is 2.99. The van der Waals surface area contributed by atoms with Crippen molar-refractivity contribution in [1.82, 2.24) is 0 Å². The van der Waals surface area contributed by atoms with Crippen LogP contribution in [0.4, 0.5) is 0 Å². The van der Waals surface area contributed by atoms with Crippen molar-refractivity contribution in [2.75, 3.05) is 0 Å². The normalized spacial score (nSPS) is 40.2. The molecule has 2 N–H and O–H groups in total. The third-order valence-electron chi connectivity index (χ3n) is 6.21. The highest BCUT2D eigenvalue weighted by molar-refractivity contribution is 5.12. The number of rotatable bonds is 4. The molecule has 1 aromatic heterocycles. The maximum Gasteiger partial charge on any atom is 0.120 e. The summed E-state index contributed by atoms with van der Waals surface area (Å²) in [7, 11) is 0. The van der Waals surface area contributed by atoms with Crippen LogP contribution in [0.3, 0.4) is 0 Å². The summed E-state index contributed by atoms with van der Waals surface area (Å²) < 4.78 is 5.88. The van der Waals surface area contributed by atoms with E-state index in [-0.39, 0.29) is 6.04 Å². The Morgan fingerprint density at radius 1 is 1.15 bits per heavy atom. The minimum atomic E-state index is 0.103. The molecule has 1 unspecified atom stereocenters. The monoisotopic (exact) mass is 273 g/mol. The van der Waals surface area contributed by atoms with Crippen LogP contribution in [0.5, 0.6) is 0 Å². The highest BCUT2D eigenvalue weighted by atomic mass is 16.3. The van der Waals surface area contributed by atoms with E-state index in [4.69, 9.17) is 10.2 Å². The van der Waals surface area contributed by atoms with Crippen molar-refractivity contribution in [3.8, 4) is 0 Å². The van der Waals surface area contributed by atoms with Gasteiger partial charge in [-0.15, -0.1) is 0 Å². The molecule has 4 bridgehead atoms. The van der Waals surface area contributed by atoms with Gasteiger partial charge in [0.15, 0.2) is 0 Å². The Balaban J connectivity index is 1.50. The fourth-order valence-corrected chi connectivity index (χ4v) is 5.89. The van der Waals surface area contributed by atoms with Gasteiger partial charge in [0.1, 0.15) is 11.5 Å². The summed E-state index contributed by atoms with van der Waals surface area (Å²) in [5.74, 6) is 5.11. The molecule has 0 aromatic carbocycles. The molecule has 110 valence electrons. The van der Waals surface area contributed by atoms with Crippen molar-refractivity contribution in [3.05, 3.63) is 23.7 Å². The van der Waals surface area contributed by atoms with Crippen molar-refractivity contribution in [1.29, 1.82) is 0 Å². The first kappa shape index (κ1) is 12.9. The van der Waals surface area contributed by atoms with E-state index in [1.807, 2.05) is 0 Å². The van der Waals surface area contributed by atoms with Crippen LogP contribution in [-0.4, -0.2) is 0 Å². The SMILES string of the molecule is CCc1ccc(C(N)CC23CC4CC(CC(C4)C2)C3)o1. The third-order valence-corrected chi connectivity index (χ3v) is 6.21. The van der Waals surface area contributed by atoms with Crippen molar-refractivity contribution in [2.24, 2.45) is 28.9 Å². The molecule has 4 fully saturated rings. The Bertz CT molecular complexity index is 454. The largest absolute Gasteiger partial charge is 0.464 e.